The number of likely N-dealkylation sites (N-methyl/N-ethyl adjacent to an activating group) is 1. The molecule has 0 atom stereocenters. The van der Waals surface area contributed by atoms with Gasteiger partial charge in [-0.25, -0.2) is 4.98 Å². The molecule has 1 aliphatic heterocycles. The Hall–Kier alpha value is -1.66. The number of aromatic nitrogens is 2. The average molecular weight is 349 g/mol. The molecular weight excluding hydrogens is 332 g/mol. The SMILES string of the molecule is CN1CC(c2ccc(Nc3nc(Br)cn(C)c3=O)cc2)C1. The van der Waals surface area contributed by atoms with Crippen LogP contribution in [0.5, 0.6) is 0 Å². The van der Waals surface area contributed by atoms with Gasteiger partial charge in [0.1, 0.15) is 4.60 Å². The fraction of sp³-hybridized carbons (Fsp3) is 0.333. The number of hydrogen-bond donors (Lipinski definition) is 1. The van der Waals surface area contributed by atoms with E-state index in [0.717, 1.165) is 18.8 Å². The number of likely N-dealkylation sites (tertiary alicyclic amines) is 1. The van der Waals surface area contributed by atoms with Gasteiger partial charge in [-0.1, -0.05) is 12.1 Å². The van der Waals surface area contributed by atoms with E-state index in [0.29, 0.717) is 16.3 Å². The first-order valence-electron chi connectivity index (χ1n) is 6.81. The van der Waals surface area contributed by atoms with Crippen molar-refractivity contribution >= 4 is 27.4 Å². The van der Waals surface area contributed by atoms with E-state index in [9.17, 15) is 4.79 Å². The Balaban J connectivity index is 1.78. The molecule has 0 aliphatic carbocycles. The molecule has 1 aliphatic rings. The summed E-state index contributed by atoms with van der Waals surface area (Å²) in [6, 6.07) is 8.22. The Morgan fingerprint density at radius 1 is 1.24 bits per heavy atom. The van der Waals surface area contributed by atoms with Gasteiger partial charge in [-0.15, -0.1) is 0 Å². The summed E-state index contributed by atoms with van der Waals surface area (Å²) in [6.45, 7) is 2.22. The van der Waals surface area contributed by atoms with E-state index in [1.807, 2.05) is 12.1 Å². The molecule has 2 aromatic rings. The van der Waals surface area contributed by atoms with Gasteiger partial charge >= 0.3 is 0 Å². The average Bonchev–Trinajstić information content (AvgIpc) is 2.42. The lowest BCUT2D eigenvalue weighted by Crippen LogP contribution is -2.41. The highest BCUT2D eigenvalue weighted by atomic mass is 79.9. The van der Waals surface area contributed by atoms with E-state index in [4.69, 9.17) is 0 Å². The summed E-state index contributed by atoms with van der Waals surface area (Å²) in [7, 11) is 3.83. The molecule has 1 N–H and O–H groups in total. The molecule has 2 heterocycles. The Morgan fingerprint density at radius 2 is 1.90 bits per heavy atom. The maximum atomic E-state index is 12.0. The predicted molar refractivity (Wildman–Crippen MR) is 87.1 cm³/mol. The van der Waals surface area contributed by atoms with Gasteiger partial charge in [-0.2, -0.15) is 0 Å². The van der Waals surface area contributed by atoms with Crippen molar-refractivity contribution in [2.45, 2.75) is 5.92 Å². The summed E-state index contributed by atoms with van der Waals surface area (Å²) in [4.78, 5) is 18.5. The minimum absolute atomic E-state index is 0.150. The number of aryl methyl sites for hydroxylation is 1. The highest BCUT2D eigenvalue weighted by Crippen LogP contribution is 2.26. The Bertz CT molecular complexity index is 705. The van der Waals surface area contributed by atoms with Crippen molar-refractivity contribution in [3.05, 3.63) is 51.0 Å². The lowest BCUT2D eigenvalue weighted by molar-refractivity contribution is 0.190. The van der Waals surface area contributed by atoms with Crippen molar-refractivity contribution in [3.8, 4) is 0 Å². The lowest BCUT2D eigenvalue weighted by Gasteiger charge is -2.36. The summed E-state index contributed by atoms with van der Waals surface area (Å²) in [5, 5.41) is 3.08. The van der Waals surface area contributed by atoms with Crippen LogP contribution in [0.15, 0.2) is 39.9 Å². The van der Waals surface area contributed by atoms with Crippen molar-refractivity contribution in [2.75, 3.05) is 25.5 Å². The molecule has 6 heteroatoms. The van der Waals surface area contributed by atoms with Crippen LogP contribution in [0.3, 0.4) is 0 Å². The first-order valence-corrected chi connectivity index (χ1v) is 7.61. The first-order chi connectivity index (χ1) is 10.0. The highest BCUT2D eigenvalue weighted by molar-refractivity contribution is 9.10. The van der Waals surface area contributed by atoms with Crippen LogP contribution in [0.25, 0.3) is 0 Å². The zero-order valence-corrected chi connectivity index (χ0v) is 13.6. The maximum absolute atomic E-state index is 12.0. The molecule has 5 nitrogen and oxygen atoms in total. The lowest BCUT2D eigenvalue weighted by atomic mass is 9.92. The van der Waals surface area contributed by atoms with Gasteiger partial charge in [0.05, 0.1) is 0 Å². The summed E-state index contributed by atoms with van der Waals surface area (Å²) in [5.74, 6) is 0.948. The second-order valence-electron chi connectivity index (χ2n) is 5.49. The minimum atomic E-state index is -0.150. The molecule has 3 rings (SSSR count). The summed E-state index contributed by atoms with van der Waals surface area (Å²) >= 11 is 3.30. The maximum Gasteiger partial charge on any atom is 0.293 e. The zero-order chi connectivity index (χ0) is 15.0. The van der Waals surface area contributed by atoms with Crippen molar-refractivity contribution in [2.24, 2.45) is 7.05 Å². The monoisotopic (exact) mass is 348 g/mol. The molecule has 1 saturated heterocycles. The minimum Gasteiger partial charge on any atom is -0.336 e. The third kappa shape index (κ3) is 3.01. The number of hydrogen-bond acceptors (Lipinski definition) is 4. The summed E-state index contributed by atoms with van der Waals surface area (Å²) in [5.41, 5.74) is 2.06. The third-order valence-corrected chi connectivity index (χ3v) is 4.13. The van der Waals surface area contributed by atoms with E-state index in [2.05, 4.69) is 50.3 Å². The molecule has 1 aromatic heterocycles. The number of nitrogens with one attached hydrogen (secondary N) is 1. The van der Waals surface area contributed by atoms with E-state index in [1.54, 1.807) is 13.2 Å². The van der Waals surface area contributed by atoms with Crippen LogP contribution in [0.1, 0.15) is 11.5 Å². The van der Waals surface area contributed by atoms with Gasteiger partial charge in [0.15, 0.2) is 5.82 Å². The molecule has 110 valence electrons. The molecule has 21 heavy (non-hydrogen) atoms. The van der Waals surface area contributed by atoms with Crippen LogP contribution in [0.2, 0.25) is 0 Å². The van der Waals surface area contributed by atoms with Crippen molar-refractivity contribution < 1.29 is 0 Å². The van der Waals surface area contributed by atoms with Crippen molar-refractivity contribution in [1.82, 2.24) is 14.5 Å². The van der Waals surface area contributed by atoms with Crippen LogP contribution in [0, 0.1) is 0 Å². The Morgan fingerprint density at radius 3 is 2.52 bits per heavy atom. The Kier molecular flexibility index (Phi) is 3.82. The predicted octanol–water partition coefficient (Wildman–Crippen LogP) is 2.32. The van der Waals surface area contributed by atoms with E-state index < -0.39 is 0 Å². The van der Waals surface area contributed by atoms with Crippen LogP contribution in [-0.4, -0.2) is 34.6 Å². The van der Waals surface area contributed by atoms with Crippen LogP contribution >= 0.6 is 15.9 Å². The number of nitrogens with zero attached hydrogens (tertiary/aromatic N) is 3. The standard InChI is InChI=1S/C15H17BrN4O/c1-19-7-11(8-19)10-3-5-12(6-4-10)17-14-15(21)20(2)9-13(16)18-14/h3-6,9,11H,7-8H2,1-2H3,(H,17,18). The first kappa shape index (κ1) is 14.3. The molecule has 0 bridgehead atoms. The smallest absolute Gasteiger partial charge is 0.293 e. The van der Waals surface area contributed by atoms with Gasteiger partial charge in [-0.05, 0) is 40.7 Å². The van der Waals surface area contributed by atoms with Crippen molar-refractivity contribution in [3.63, 3.8) is 0 Å². The number of anilines is 2. The molecule has 1 fully saturated rings. The van der Waals surface area contributed by atoms with Gasteiger partial charge in [0, 0.05) is 37.9 Å². The normalized spacial score (nSPS) is 15.8. The highest BCUT2D eigenvalue weighted by Gasteiger charge is 2.24. The summed E-state index contributed by atoms with van der Waals surface area (Å²) < 4.78 is 2.12. The second kappa shape index (κ2) is 5.61. The fourth-order valence-corrected chi connectivity index (χ4v) is 3.02. The molecule has 0 radical (unpaired) electrons. The van der Waals surface area contributed by atoms with Gasteiger partial charge < -0.3 is 14.8 Å². The molecule has 0 spiro atoms. The zero-order valence-electron chi connectivity index (χ0n) is 12.0. The number of rotatable bonds is 3. The summed E-state index contributed by atoms with van der Waals surface area (Å²) in [6.07, 6.45) is 1.64. The van der Waals surface area contributed by atoms with Crippen LogP contribution in [-0.2, 0) is 7.05 Å². The van der Waals surface area contributed by atoms with Gasteiger partial charge in [0.2, 0.25) is 0 Å². The van der Waals surface area contributed by atoms with E-state index in [-0.39, 0.29) is 5.56 Å². The van der Waals surface area contributed by atoms with Crippen molar-refractivity contribution in [1.29, 1.82) is 0 Å². The van der Waals surface area contributed by atoms with E-state index in [1.165, 1.54) is 10.1 Å². The van der Waals surface area contributed by atoms with E-state index >= 15 is 0 Å². The van der Waals surface area contributed by atoms with Crippen LogP contribution in [0.4, 0.5) is 11.5 Å². The molecule has 1 aromatic carbocycles. The number of benzene rings is 1. The van der Waals surface area contributed by atoms with Gasteiger partial charge in [0.25, 0.3) is 5.56 Å². The number of halogens is 1. The second-order valence-corrected chi connectivity index (χ2v) is 6.31. The molecule has 0 amide bonds. The topological polar surface area (TPSA) is 50.2 Å². The third-order valence-electron chi connectivity index (χ3n) is 3.75. The molecule has 0 unspecified atom stereocenters. The molecule has 0 saturated carbocycles. The van der Waals surface area contributed by atoms with Gasteiger partial charge in [-0.3, -0.25) is 4.79 Å². The fourth-order valence-electron chi connectivity index (χ4n) is 2.54. The quantitative estimate of drug-likeness (QED) is 0.924. The Labute approximate surface area is 131 Å². The largest absolute Gasteiger partial charge is 0.336 e. The van der Waals surface area contributed by atoms with Crippen LogP contribution < -0.4 is 10.9 Å². The molecular formula is C15H17BrN4O.